The maximum Gasteiger partial charge on any atom is -0.0324 e. The predicted molar refractivity (Wildman–Crippen MR) is 122 cm³/mol. The molecule has 0 rings (SSSR count). The summed E-state index contributed by atoms with van der Waals surface area (Å²) in [6, 6.07) is 0. The number of rotatable bonds is 21. The molecule has 0 aliphatic rings. The maximum atomic E-state index is 2.80. The highest BCUT2D eigenvalue weighted by Crippen LogP contribution is 2.28. The van der Waals surface area contributed by atoms with E-state index < -0.39 is 0 Å². The number of hydrogen-bond donors (Lipinski definition) is 0. The van der Waals surface area contributed by atoms with E-state index in [1.807, 2.05) is 0 Å². The molecule has 0 bridgehead atoms. The maximum absolute atomic E-state index is 2.80. The lowest BCUT2D eigenvalue weighted by Gasteiger charge is -2.23. The van der Waals surface area contributed by atoms with Crippen LogP contribution in [0.25, 0.3) is 0 Å². The normalized spacial score (nSPS) is 13.8. The third-order valence-electron chi connectivity index (χ3n) is 6.10. The van der Waals surface area contributed by atoms with E-state index in [1.165, 1.54) is 122 Å². The third kappa shape index (κ3) is 17.4. The highest BCUT2D eigenvalue weighted by atomic mass is 14.2. The average Bonchev–Trinajstić information content (AvgIpc) is 2.66. The third-order valence-corrected chi connectivity index (χ3v) is 6.10. The van der Waals surface area contributed by atoms with Gasteiger partial charge in [0, 0.05) is 0 Å². The van der Waals surface area contributed by atoms with Crippen LogP contribution in [0.5, 0.6) is 0 Å². The highest BCUT2D eigenvalue weighted by molar-refractivity contribution is 4.83. The van der Waals surface area contributed by atoms with Crippen LogP contribution in [0.15, 0.2) is 0 Å². The van der Waals surface area contributed by atoms with E-state index in [1.54, 1.807) is 0 Å². The summed E-state index contributed by atoms with van der Waals surface area (Å²) in [5.74, 6) is 1.78. The standard InChI is InChI=1S/C26H53/c1-5-9-12-15-17-20-23-26(22-18-14-11-7-3)24-25(8-4)21-19-16-13-10-6-2/h24-26H,5-23H2,1-4H3. The fourth-order valence-corrected chi connectivity index (χ4v) is 4.19. The number of hydrogen-bond acceptors (Lipinski definition) is 0. The lowest BCUT2D eigenvalue weighted by molar-refractivity contribution is 0.379. The largest absolute Gasteiger partial charge is 0.0654 e. The van der Waals surface area contributed by atoms with Crippen LogP contribution in [-0.2, 0) is 0 Å². The minimum Gasteiger partial charge on any atom is -0.0654 e. The van der Waals surface area contributed by atoms with Crippen molar-refractivity contribution < 1.29 is 0 Å². The molecule has 2 atom stereocenters. The van der Waals surface area contributed by atoms with E-state index in [9.17, 15) is 0 Å². The first-order chi connectivity index (χ1) is 12.8. The van der Waals surface area contributed by atoms with Gasteiger partial charge in [-0.3, -0.25) is 0 Å². The van der Waals surface area contributed by atoms with Crippen molar-refractivity contribution >= 4 is 0 Å². The first-order valence-corrected chi connectivity index (χ1v) is 12.6. The first-order valence-electron chi connectivity index (χ1n) is 12.6. The summed E-state index contributed by atoms with van der Waals surface area (Å²) in [6.45, 7) is 9.36. The van der Waals surface area contributed by atoms with Gasteiger partial charge in [-0.05, 0) is 18.3 Å². The van der Waals surface area contributed by atoms with E-state index in [4.69, 9.17) is 0 Å². The van der Waals surface area contributed by atoms with E-state index in [-0.39, 0.29) is 0 Å². The van der Waals surface area contributed by atoms with Gasteiger partial charge in [0.25, 0.3) is 0 Å². The second kappa shape index (κ2) is 21.3. The van der Waals surface area contributed by atoms with Gasteiger partial charge in [0.2, 0.25) is 0 Å². The zero-order valence-corrected chi connectivity index (χ0v) is 19.2. The van der Waals surface area contributed by atoms with Crippen LogP contribution >= 0.6 is 0 Å². The van der Waals surface area contributed by atoms with Crippen LogP contribution in [0.3, 0.4) is 0 Å². The Morgan fingerprint density at radius 3 is 1.19 bits per heavy atom. The van der Waals surface area contributed by atoms with E-state index in [0.717, 1.165) is 11.8 Å². The van der Waals surface area contributed by atoms with Crippen molar-refractivity contribution in [1.29, 1.82) is 0 Å². The Morgan fingerprint density at radius 2 is 0.769 bits per heavy atom. The Balaban J connectivity index is 4.10. The molecular weight excluding hydrogens is 312 g/mol. The highest BCUT2D eigenvalue weighted by Gasteiger charge is 2.15. The lowest BCUT2D eigenvalue weighted by Crippen LogP contribution is -2.10. The summed E-state index contributed by atoms with van der Waals surface area (Å²) in [5, 5.41) is 0. The quantitative estimate of drug-likeness (QED) is 0.177. The zero-order chi connectivity index (χ0) is 19.3. The van der Waals surface area contributed by atoms with E-state index >= 15 is 0 Å². The topological polar surface area (TPSA) is 0 Å². The van der Waals surface area contributed by atoms with Gasteiger partial charge in [-0.2, -0.15) is 0 Å². The van der Waals surface area contributed by atoms with Crippen molar-refractivity contribution in [2.24, 2.45) is 11.8 Å². The van der Waals surface area contributed by atoms with Crippen LogP contribution in [0.4, 0.5) is 0 Å². The SMILES string of the molecule is CCCCCCCCC([CH]C(CC)CCCCCCC)CCCCCC. The van der Waals surface area contributed by atoms with E-state index in [2.05, 4.69) is 34.1 Å². The molecule has 0 aliphatic carbocycles. The van der Waals surface area contributed by atoms with E-state index in [0.29, 0.717) is 0 Å². The predicted octanol–water partition coefficient (Wildman–Crippen LogP) is 9.91. The van der Waals surface area contributed by atoms with Crippen molar-refractivity contribution in [1.82, 2.24) is 0 Å². The molecule has 0 aromatic rings. The Bertz CT molecular complexity index is 244. The van der Waals surface area contributed by atoms with Crippen LogP contribution in [-0.4, -0.2) is 0 Å². The molecule has 0 aromatic heterocycles. The molecule has 0 N–H and O–H groups in total. The molecule has 0 saturated carbocycles. The van der Waals surface area contributed by atoms with Gasteiger partial charge in [-0.1, -0.05) is 150 Å². The second-order valence-electron chi connectivity index (χ2n) is 8.73. The Kier molecular flexibility index (Phi) is 21.3. The molecule has 0 fully saturated rings. The van der Waals surface area contributed by atoms with Gasteiger partial charge < -0.3 is 0 Å². The van der Waals surface area contributed by atoms with Gasteiger partial charge in [-0.25, -0.2) is 0 Å². The molecule has 1 radical (unpaired) electrons. The minimum absolute atomic E-state index is 0.882. The van der Waals surface area contributed by atoms with Crippen molar-refractivity contribution in [2.75, 3.05) is 0 Å². The molecule has 26 heavy (non-hydrogen) atoms. The van der Waals surface area contributed by atoms with Crippen LogP contribution in [0.1, 0.15) is 150 Å². The van der Waals surface area contributed by atoms with Gasteiger partial charge in [0.15, 0.2) is 0 Å². The van der Waals surface area contributed by atoms with Crippen LogP contribution in [0.2, 0.25) is 0 Å². The summed E-state index contributed by atoms with van der Waals surface area (Å²) in [4.78, 5) is 0. The second-order valence-corrected chi connectivity index (χ2v) is 8.73. The summed E-state index contributed by atoms with van der Waals surface area (Å²) >= 11 is 0. The van der Waals surface area contributed by atoms with Crippen LogP contribution in [0, 0.1) is 18.3 Å². The van der Waals surface area contributed by atoms with Crippen molar-refractivity contribution in [3.05, 3.63) is 6.42 Å². The van der Waals surface area contributed by atoms with Gasteiger partial charge in [-0.15, -0.1) is 0 Å². The molecule has 0 aromatic carbocycles. The Morgan fingerprint density at radius 1 is 0.423 bits per heavy atom. The van der Waals surface area contributed by atoms with Crippen molar-refractivity contribution in [2.45, 2.75) is 150 Å². The van der Waals surface area contributed by atoms with Gasteiger partial charge >= 0.3 is 0 Å². The molecule has 0 aliphatic heterocycles. The molecule has 0 saturated heterocycles. The van der Waals surface area contributed by atoms with Crippen LogP contribution < -0.4 is 0 Å². The van der Waals surface area contributed by atoms with Crippen molar-refractivity contribution in [3.63, 3.8) is 0 Å². The molecular formula is C26H53. The summed E-state index contributed by atoms with van der Waals surface area (Å²) in [7, 11) is 0. The van der Waals surface area contributed by atoms with Crippen molar-refractivity contribution in [3.8, 4) is 0 Å². The summed E-state index contributed by atoms with van der Waals surface area (Å²) in [5.41, 5.74) is 0. The molecule has 0 heterocycles. The summed E-state index contributed by atoms with van der Waals surface area (Å²) in [6.07, 6.45) is 30.0. The first kappa shape index (κ1) is 26.0. The molecule has 0 nitrogen and oxygen atoms in total. The molecule has 0 heteroatoms. The lowest BCUT2D eigenvalue weighted by atomic mass is 9.83. The Hall–Kier alpha value is 0. The molecule has 0 spiro atoms. The smallest absolute Gasteiger partial charge is 0.0324 e. The minimum atomic E-state index is 0.882. The molecule has 2 unspecified atom stereocenters. The zero-order valence-electron chi connectivity index (χ0n) is 19.2. The fourth-order valence-electron chi connectivity index (χ4n) is 4.19. The molecule has 0 amide bonds. The monoisotopic (exact) mass is 365 g/mol. The Labute approximate surface area is 168 Å². The fraction of sp³-hybridized carbons (Fsp3) is 0.962. The summed E-state index contributed by atoms with van der Waals surface area (Å²) < 4.78 is 0. The van der Waals surface area contributed by atoms with Gasteiger partial charge in [0.05, 0.1) is 0 Å². The number of unbranched alkanes of at least 4 members (excludes halogenated alkanes) is 12. The average molecular weight is 366 g/mol. The molecule has 157 valence electrons. The van der Waals surface area contributed by atoms with Gasteiger partial charge in [0.1, 0.15) is 0 Å².